The molecule has 0 aliphatic heterocycles. The molecule has 0 aromatic heterocycles. The Labute approximate surface area is 95.2 Å². The van der Waals surface area contributed by atoms with E-state index in [9.17, 15) is 9.50 Å². The van der Waals surface area contributed by atoms with Gasteiger partial charge in [0, 0.05) is 12.8 Å². The molecule has 1 aromatic carbocycles. The first-order valence-electron chi connectivity index (χ1n) is 5.29. The highest BCUT2D eigenvalue weighted by Crippen LogP contribution is 2.19. The predicted molar refractivity (Wildman–Crippen MR) is 62.0 cm³/mol. The highest BCUT2D eigenvalue weighted by atomic mass is 19.1. The largest absolute Gasteiger partial charge is 0.394 e. The zero-order valence-corrected chi connectivity index (χ0v) is 9.66. The fourth-order valence-electron chi connectivity index (χ4n) is 1.54. The number of aliphatic hydroxyl groups is 1. The van der Waals surface area contributed by atoms with Crippen LogP contribution < -0.4 is 5.32 Å². The number of methoxy groups -OCH3 is 1. The van der Waals surface area contributed by atoms with E-state index in [1.165, 1.54) is 12.1 Å². The molecule has 1 rings (SSSR count). The van der Waals surface area contributed by atoms with Crippen LogP contribution in [0.3, 0.4) is 0 Å². The molecule has 0 aliphatic rings. The lowest BCUT2D eigenvalue weighted by Crippen LogP contribution is -2.45. The highest BCUT2D eigenvalue weighted by molar-refractivity contribution is 5.45. The summed E-state index contributed by atoms with van der Waals surface area (Å²) in [6.45, 7) is 2.33. The van der Waals surface area contributed by atoms with Crippen molar-refractivity contribution in [1.82, 2.24) is 0 Å². The van der Waals surface area contributed by atoms with Crippen molar-refractivity contribution in [3.8, 4) is 0 Å². The molecule has 4 heteroatoms. The van der Waals surface area contributed by atoms with Crippen molar-refractivity contribution >= 4 is 5.69 Å². The standard InChI is InChI=1S/C12H18FNO2/c1-3-12(8-15,9-16-2)14-11-6-4-10(13)5-7-11/h4-7,14-15H,3,8-9H2,1-2H3. The van der Waals surface area contributed by atoms with E-state index in [0.717, 1.165) is 5.69 Å². The van der Waals surface area contributed by atoms with Gasteiger partial charge in [0.1, 0.15) is 5.82 Å². The second kappa shape index (κ2) is 5.82. The summed E-state index contributed by atoms with van der Waals surface area (Å²) < 4.78 is 17.8. The molecule has 16 heavy (non-hydrogen) atoms. The monoisotopic (exact) mass is 227 g/mol. The first-order valence-corrected chi connectivity index (χ1v) is 5.29. The van der Waals surface area contributed by atoms with E-state index in [2.05, 4.69) is 5.32 Å². The molecule has 0 radical (unpaired) electrons. The van der Waals surface area contributed by atoms with Crippen molar-refractivity contribution in [3.63, 3.8) is 0 Å². The van der Waals surface area contributed by atoms with Crippen LogP contribution in [-0.2, 0) is 4.74 Å². The molecule has 1 unspecified atom stereocenters. The quantitative estimate of drug-likeness (QED) is 0.781. The number of hydrogen-bond acceptors (Lipinski definition) is 3. The highest BCUT2D eigenvalue weighted by Gasteiger charge is 2.27. The van der Waals surface area contributed by atoms with Crippen LogP contribution in [0.5, 0.6) is 0 Å². The van der Waals surface area contributed by atoms with Crippen LogP contribution in [0.2, 0.25) is 0 Å². The zero-order valence-electron chi connectivity index (χ0n) is 9.66. The number of rotatable bonds is 6. The molecule has 0 saturated carbocycles. The molecule has 1 aromatic rings. The molecule has 0 bridgehead atoms. The fraction of sp³-hybridized carbons (Fsp3) is 0.500. The van der Waals surface area contributed by atoms with Crippen molar-refractivity contribution in [2.24, 2.45) is 0 Å². The number of ether oxygens (including phenoxy) is 1. The molecule has 3 nitrogen and oxygen atoms in total. The maximum atomic E-state index is 12.7. The maximum absolute atomic E-state index is 12.7. The number of anilines is 1. The van der Waals surface area contributed by atoms with Gasteiger partial charge in [-0.05, 0) is 30.7 Å². The third-order valence-electron chi connectivity index (χ3n) is 2.65. The van der Waals surface area contributed by atoms with Crippen molar-refractivity contribution in [3.05, 3.63) is 30.1 Å². The minimum atomic E-state index is -0.507. The molecule has 0 heterocycles. The van der Waals surface area contributed by atoms with Crippen LogP contribution in [-0.4, -0.2) is 31.0 Å². The number of benzene rings is 1. The normalized spacial score (nSPS) is 14.5. The van der Waals surface area contributed by atoms with Crippen LogP contribution in [0.1, 0.15) is 13.3 Å². The smallest absolute Gasteiger partial charge is 0.123 e. The molecule has 0 aliphatic carbocycles. The van der Waals surface area contributed by atoms with Gasteiger partial charge in [-0.25, -0.2) is 4.39 Å². The molecular formula is C12H18FNO2. The summed E-state index contributed by atoms with van der Waals surface area (Å²) in [4.78, 5) is 0. The SMILES string of the molecule is CCC(CO)(COC)Nc1ccc(F)cc1. The topological polar surface area (TPSA) is 41.5 Å². The second-order valence-corrected chi connectivity index (χ2v) is 3.86. The fourth-order valence-corrected chi connectivity index (χ4v) is 1.54. The Hall–Kier alpha value is -1.13. The number of hydrogen-bond donors (Lipinski definition) is 2. The third kappa shape index (κ3) is 3.18. The summed E-state index contributed by atoms with van der Waals surface area (Å²) in [6, 6.07) is 6.05. The van der Waals surface area contributed by atoms with Crippen LogP contribution in [0.15, 0.2) is 24.3 Å². The van der Waals surface area contributed by atoms with Crippen molar-refractivity contribution in [2.75, 3.05) is 25.6 Å². The van der Waals surface area contributed by atoms with Gasteiger partial charge in [0.05, 0.1) is 18.8 Å². The Balaban J connectivity index is 2.78. The van der Waals surface area contributed by atoms with Gasteiger partial charge in [-0.15, -0.1) is 0 Å². The van der Waals surface area contributed by atoms with Gasteiger partial charge in [-0.3, -0.25) is 0 Å². The first-order chi connectivity index (χ1) is 7.65. The summed E-state index contributed by atoms with van der Waals surface area (Å²) in [5.74, 6) is -0.275. The van der Waals surface area contributed by atoms with Gasteiger partial charge in [0.15, 0.2) is 0 Å². The zero-order chi connectivity index (χ0) is 12.0. The lowest BCUT2D eigenvalue weighted by Gasteiger charge is -2.32. The number of nitrogens with one attached hydrogen (secondary N) is 1. The summed E-state index contributed by atoms with van der Waals surface area (Å²) in [5, 5.41) is 12.6. The van der Waals surface area contributed by atoms with E-state index in [4.69, 9.17) is 4.74 Å². The average molecular weight is 227 g/mol. The summed E-state index contributed by atoms with van der Waals surface area (Å²) >= 11 is 0. The lowest BCUT2D eigenvalue weighted by molar-refractivity contribution is 0.0962. The second-order valence-electron chi connectivity index (χ2n) is 3.86. The van der Waals surface area contributed by atoms with Gasteiger partial charge in [-0.2, -0.15) is 0 Å². The molecule has 0 saturated heterocycles. The maximum Gasteiger partial charge on any atom is 0.123 e. The van der Waals surface area contributed by atoms with E-state index in [-0.39, 0.29) is 12.4 Å². The number of halogens is 1. The molecule has 1 atom stereocenters. The first kappa shape index (κ1) is 12.9. The average Bonchev–Trinajstić information content (AvgIpc) is 2.31. The van der Waals surface area contributed by atoms with E-state index in [1.54, 1.807) is 19.2 Å². The Morgan fingerprint density at radius 1 is 1.38 bits per heavy atom. The van der Waals surface area contributed by atoms with E-state index < -0.39 is 5.54 Å². The van der Waals surface area contributed by atoms with Crippen molar-refractivity contribution < 1.29 is 14.2 Å². The summed E-state index contributed by atoms with van der Waals surface area (Å²) in [7, 11) is 1.59. The van der Waals surface area contributed by atoms with Gasteiger partial charge in [0.25, 0.3) is 0 Å². The van der Waals surface area contributed by atoms with Gasteiger partial charge in [-0.1, -0.05) is 6.92 Å². The van der Waals surface area contributed by atoms with Crippen LogP contribution in [0.4, 0.5) is 10.1 Å². The number of aliphatic hydroxyl groups excluding tert-OH is 1. The van der Waals surface area contributed by atoms with Gasteiger partial charge >= 0.3 is 0 Å². The van der Waals surface area contributed by atoms with Crippen LogP contribution in [0.25, 0.3) is 0 Å². The van der Waals surface area contributed by atoms with Crippen LogP contribution >= 0.6 is 0 Å². The Morgan fingerprint density at radius 3 is 2.44 bits per heavy atom. The van der Waals surface area contributed by atoms with Crippen molar-refractivity contribution in [1.29, 1.82) is 0 Å². The molecule has 90 valence electrons. The summed E-state index contributed by atoms with van der Waals surface area (Å²) in [5.41, 5.74) is 0.265. The minimum absolute atomic E-state index is 0.0330. The summed E-state index contributed by atoms with van der Waals surface area (Å²) in [6.07, 6.45) is 0.717. The Bertz CT molecular complexity index is 309. The van der Waals surface area contributed by atoms with Gasteiger partial charge < -0.3 is 15.2 Å². The Kier molecular flexibility index (Phi) is 4.71. The van der Waals surface area contributed by atoms with Crippen LogP contribution in [0, 0.1) is 5.82 Å². The van der Waals surface area contributed by atoms with E-state index >= 15 is 0 Å². The minimum Gasteiger partial charge on any atom is -0.394 e. The molecule has 0 amide bonds. The molecule has 2 N–H and O–H groups in total. The molecule has 0 fully saturated rings. The predicted octanol–water partition coefficient (Wildman–Crippen LogP) is 2.03. The van der Waals surface area contributed by atoms with Gasteiger partial charge in [0.2, 0.25) is 0 Å². The third-order valence-corrected chi connectivity index (χ3v) is 2.65. The molecule has 0 spiro atoms. The van der Waals surface area contributed by atoms with Crippen molar-refractivity contribution in [2.45, 2.75) is 18.9 Å². The Morgan fingerprint density at radius 2 is 2.00 bits per heavy atom. The molecular weight excluding hydrogens is 209 g/mol. The van der Waals surface area contributed by atoms with E-state index in [0.29, 0.717) is 13.0 Å². The van der Waals surface area contributed by atoms with E-state index in [1.807, 2.05) is 6.92 Å². The lowest BCUT2D eigenvalue weighted by atomic mass is 9.98.